The Kier molecular flexibility index (Phi) is 5.75. The number of benzene rings is 1. The van der Waals surface area contributed by atoms with Gasteiger partial charge in [-0.05, 0) is 31.5 Å². The third kappa shape index (κ3) is 3.98. The van der Waals surface area contributed by atoms with E-state index in [0.717, 1.165) is 20.8 Å². The number of nitrogens with one attached hydrogen (secondary N) is 2. The van der Waals surface area contributed by atoms with Crippen LogP contribution in [-0.2, 0) is 5.75 Å². The van der Waals surface area contributed by atoms with Gasteiger partial charge in [-0.15, -0.1) is 11.3 Å². The van der Waals surface area contributed by atoms with Crippen LogP contribution in [0.3, 0.4) is 0 Å². The van der Waals surface area contributed by atoms with E-state index in [-0.39, 0.29) is 24.5 Å². The van der Waals surface area contributed by atoms with Crippen LogP contribution in [0, 0.1) is 13.8 Å². The first kappa shape index (κ1) is 18.6. The molecule has 26 heavy (non-hydrogen) atoms. The molecule has 136 valence electrons. The number of hydrogen-bond acceptors (Lipinski definition) is 6. The van der Waals surface area contributed by atoms with Gasteiger partial charge in [-0.2, -0.15) is 0 Å². The summed E-state index contributed by atoms with van der Waals surface area (Å²) in [6.07, 6.45) is 0. The molecule has 1 aromatic carbocycles. The molecule has 0 aliphatic rings. The normalized spacial score (nSPS) is 11.0. The number of aromatic amines is 1. The molecule has 0 saturated heterocycles. The van der Waals surface area contributed by atoms with Gasteiger partial charge < -0.3 is 15.4 Å². The number of H-pyrrole nitrogens is 1. The van der Waals surface area contributed by atoms with Crippen LogP contribution in [0.5, 0.6) is 0 Å². The lowest BCUT2D eigenvalue weighted by molar-refractivity contribution is 0.0945. The largest absolute Gasteiger partial charge is 0.395 e. The van der Waals surface area contributed by atoms with Crippen LogP contribution < -0.4 is 10.7 Å². The number of imidazole rings is 1. The van der Waals surface area contributed by atoms with E-state index in [9.17, 15) is 9.59 Å². The van der Waals surface area contributed by atoms with Gasteiger partial charge in [0.2, 0.25) is 5.43 Å². The van der Waals surface area contributed by atoms with E-state index >= 15 is 0 Å². The average Bonchev–Trinajstić information content (AvgIpc) is 3.06. The monoisotopic (exact) mass is 389 g/mol. The Labute approximate surface area is 158 Å². The van der Waals surface area contributed by atoms with Crippen molar-refractivity contribution in [3.63, 3.8) is 0 Å². The van der Waals surface area contributed by atoms with Gasteiger partial charge in [-0.1, -0.05) is 23.9 Å². The summed E-state index contributed by atoms with van der Waals surface area (Å²) in [5, 5.41) is 12.1. The second-order valence-corrected chi connectivity index (χ2v) is 7.97. The first-order chi connectivity index (χ1) is 12.5. The number of rotatable bonds is 6. The van der Waals surface area contributed by atoms with Gasteiger partial charge >= 0.3 is 0 Å². The van der Waals surface area contributed by atoms with Gasteiger partial charge in [-0.25, -0.2) is 4.98 Å². The molecular weight excluding hydrogens is 370 g/mol. The number of fused-ring (bicyclic) bond motifs is 1. The SMILES string of the molecule is Cc1sc2nc(SCc3ccc(C(=O)NCCO)cc3)[nH]c2c(=O)c1C. The maximum Gasteiger partial charge on any atom is 0.251 e. The predicted octanol–water partition coefficient (Wildman–Crippen LogP) is 2.62. The first-order valence-electron chi connectivity index (χ1n) is 8.10. The minimum atomic E-state index is -0.203. The molecule has 2 heterocycles. The number of aliphatic hydroxyl groups is 1. The first-order valence-corrected chi connectivity index (χ1v) is 9.90. The molecule has 0 radical (unpaired) electrons. The van der Waals surface area contributed by atoms with Gasteiger partial charge in [0.15, 0.2) is 5.16 Å². The summed E-state index contributed by atoms with van der Waals surface area (Å²) < 4.78 is 0. The summed E-state index contributed by atoms with van der Waals surface area (Å²) in [5.74, 6) is 0.473. The summed E-state index contributed by atoms with van der Waals surface area (Å²) in [6.45, 7) is 3.92. The maximum absolute atomic E-state index is 12.3. The average molecular weight is 390 g/mol. The zero-order valence-corrected chi connectivity index (χ0v) is 16.1. The lowest BCUT2D eigenvalue weighted by Crippen LogP contribution is -2.26. The molecule has 8 heteroatoms. The number of amides is 1. The molecule has 3 N–H and O–H groups in total. The summed E-state index contributed by atoms with van der Waals surface area (Å²) in [6, 6.07) is 7.29. The van der Waals surface area contributed by atoms with Crippen LogP contribution in [0.4, 0.5) is 0 Å². The summed E-state index contributed by atoms with van der Waals surface area (Å²) in [4.78, 5) is 33.4. The van der Waals surface area contributed by atoms with Crippen LogP contribution in [0.2, 0.25) is 0 Å². The number of aromatic nitrogens is 2. The Bertz CT molecular complexity index is 993. The molecule has 0 saturated carbocycles. The lowest BCUT2D eigenvalue weighted by Gasteiger charge is -2.04. The Morgan fingerprint density at radius 2 is 2.04 bits per heavy atom. The summed E-state index contributed by atoms with van der Waals surface area (Å²) in [7, 11) is 0. The Morgan fingerprint density at radius 3 is 2.73 bits per heavy atom. The van der Waals surface area contributed by atoms with Crippen molar-refractivity contribution in [2.75, 3.05) is 13.2 Å². The molecule has 0 aliphatic carbocycles. The standard InChI is InChI=1S/C18H19N3O3S2/c1-10-11(2)26-17-14(15(10)23)20-18(21-17)25-9-12-3-5-13(6-4-12)16(24)19-7-8-22/h3-6,22H,7-9H2,1-2H3,(H,19,24)(H,20,21). The Balaban J connectivity index is 1.69. The van der Waals surface area contributed by atoms with E-state index in [1.807, 2.05) is 26.0 Å². The second kappa shape index (κ2) is 8.03. The number of aliphatic hydroxyl groups excluding tert-OH is 1. The third-order valence-electron chi connectivity index (χ3n) is 3.98. The lowest BCUT2D eigenvalue weighted by atomic mass is 10.1. The van der Waals surface area contributed by atoms with E-state index in [1.54, 1.807) is 12.1 Å². The Hall–Kier alpha value is -2.16. The summed E-state index contributed by atoms with van der Waals surface area (Å²) in [5.41, 5.74) is 2.94. The van der Waals surface area contributed by atoms with Gasteiger partial charge in [0.1, 0.15) is 10.3 Å². The smallest absolute Gasteiger partial charge is 0.251 e. The predicted molar refractivity (Wildman–Crippen MR) is 105 cm³/mol. The van der Waals surface area contributed by atoms with Crippen LogP contribution in [-0.4, -0.2) is 34.1 Å². The molecular formula is C18H19N3O3S2. The van der Waals surface area contributed by atoms with Crippen LogP contribution in [0.1, 0.15) is 26.4 Å². The number of carbonyl (C=O) groups excluding carboxylic acids is 1. The van der Waals surface area contributed by atoms with Gasteiger partial charge in [0.05, 0.1) is 6.61 Å². The van der Waals surface area contributed by atoms with E-state index in [2.05, 4.69) is 15.3 Å². The molecule has 0 unspecified atom stereocenters. The highest BCUT2D eigenvalue weighted by atomic mass is 32.2. The van der Waals surface area contributed by atoms with E-state index < -0.39 is 0 Å². The fraction of sp³-hybridized carbons (Fsp3) is 0.278. The highest BCUT2D eigenvalue weighted by molar-refractivity contribution is 7.98. The summed E-state index contributed by atoms with van der Waals surface area (Å²) >= 11 is 3.03. The number of aryl methyl sites for hydroxylation is 1. The van der Waals surface area contributed by atoms with Crippen molar-refractivity contribution >= 4 is 39.4 Å². The molecule has 6 nitrogen and oxygen atoms in total. The van der Waals surface area contributed by atoms with Crippen LogP contribution >= 0.6 is 23.1 Å². The second-order valence-electron chi connectivity index (χ2n) is 5.80. The fourth-order valence-electron chi connectivity index (χ4n) is 2.38. The highest BCUT2D eigenvalue weighted by Crippen LogP contribution is 2.25. The van der Waals surface area contributed by atoms with Crippen molar-refractivity contribution in [2.45, 2.75) is 24.8 Å². The molecule has 0 atom stereocenters. The van der Waals surface area contributed by atoms with Gasteiger partial charge in [-0.3, -0.25) is 9.59 Å². The van der Waals surface area contributed by atoms with Gasteiger partial charge in [0.25, 0.3) is 5.91 Å². The van der Waals surface area contributed by atoms with Crippen LogP contribution in [0.15, 0.2) is 34.2 Å². The topological polar surface area (TPSA) is 95.1 Å². The minimum Gasteiger partial charge on any atom is -0.395 e. The zero-order chi connectivity index (χ0) is 18.7. The maximum atomic E-state index is 12.3. The third-order valence-corrected chi connectivity index (χ3v) is 6.03. The number of hydrogen-bond donors (Lipinski definition) is 3. The molecule has 2 aromatic heterocycles. The number of carbonyl (C=O) groups is 1. The van der Waals surface area contributed by atoms with E-state index in [4.69, 9.17) is 5.11 Å². The molecule has 0 bridgehead atoms. The molecule has 3 rings (SSSR count). The zero-order valence-electron chi connectivity index (χ0n) is 14.5. The van der Waals surface area contributed by atoms with E-state index in [1.165, 1.54) is 23.1 Å². The quantitative estimate of drug-likeness (QED) is 0.563. The fourth-order valence-corrected chi connectivity index (χ4v) is 4.18. The van der Waals surface area contributed by atoms with Crippen molar-refractivity contribution in [2.24, 2.45) is 0 Å². The molecule has 1 amide bonds. The Morgan fingerprint density at radius 1 is 1.31 bits per heavy atom. The molecule has 0 aliphatic heterocycles. The van der Waals surface area contributed by atoms with Gasteiger partial charge in [0, 0.05) is 28.3 Å². The van der Waals surface area contributed by atoms with Crippen molar-refractivity contribution < 1.29 is 9.90 Å². The number of nitrogens with zero attached hydrogens (tertiary/aromatic N) is 1. The van der Waals surface area contributed by atoms with E-state index in [0.29, 0.717) is 22.0 Å². The minimum absolute atomic E-state index is 0.00819. The highest BCUT2D eigenvalue weighted by Gasteiger charge is 2.11. The van der Waals surface area contributed by atoms with Crippen LogP contribution in [0.25, 0.3) is 10.3 Å². The number of thioether (sulfide) groups is 1. The van der Waals surface area contributed by atoms with Crippen molar-refractivity contribution in [3.05, 3.63) is 56.1 Å². The van der Waals surface area contributed by atoms with Crippen molar-refractivity contribution in [3.8, 4) is 0 Å². The van der Waals surface area contributed by atoms with Crippen molar-refractivity contribution in [1.82, 2.24) is 15.3 Å². The molecule has 0 fully saturated rings. The molecule has 0 spiro atoms. The van der Waals surface area contributed by atoms with Crippen molar-refractivity contribution in [1.29, 1.82) is 0 Å². The molecule has 3 aromatic rings.